The molecule has 0 spiro atoms. The van der Waals surface area contributed by atoms with Gasteiger partial charge in [-0.1, -0.05) is 29.8 Å². The van der Waals surface area contributed by atoms with Crippen LogP contribution in [0.2, 0.25) is 0 Å². The van der Waals surface area contributed by atoms with E-state index in [0.717, 1.165) is 5.56 Å². The third-order valence-corrected chi connectivity index (χ3v) is 6.95. The van der Waals surface area contributed by atoms with Crippen LogP contribution in [-0.2, 0) is 14.8 Å². The van der Waals surface area contributed by atoms with Crippen molar-refractivity contribution in [2.24, 2.45) is 0 Å². The smallest absolute Gasteiger partial charge is 0.375 e. The second-order valence-corrected chi connectivity index (χ2v) is 9.49. The minimum Gasteiger partial charge on any atom is -0.375 e. The summed E-state index contributed by atoms with van der Waals surface area (Å²) in [5, 5.41) is 4.90. The fraction of sp³-hybridized carbons (Fsp3) is 0.381. The average molecular weight is 471 g/mol. The highest BCUT2D eigenvalue weighted by atomic mass is 32.2. The van der Waals surface area contributed by atoms with Gasteiger partial charge in [0, 0.05) is 26.2 Å². The van der Waals surface area contributed by atoms with Crippen molar-refractivity contribution in [1.82, 2.24) is 9.21 Å². The maximum Gasteiger partial charge on any atom is 0.405 e. The zero-order valence-electron chi connectivity index (χ0n) is 17.5. The van der Waals surface area contributed by atoms with Gasteiger partial charge in [0.05, 0.1) is 22.8 Å². The van der Waals surface area contributed by atoms with Gasteiger partial charge in [0.15, 0.2) is 0 Å². The molecule has 1 saturated heterocycles. The van der Waals surface area contributed by atoms with Crippen LogP contribution in [-0.4, -0.2) is 69.0 Å². The van der Waals surface area contributed by atoms with Crippen molar-refractivity contribution in [2.75, 3.05) is 49.9 Å². The highest BCUT2D eigenvalue weighted by Crippen LogP contribution is 2.24. The van der Waals surface area contributed by atoms with Crippen LogP contribution in [0.4, 0.5) is 24.5 Å². The van der Waals surface area contributed by atoms with Gasteiger partial charge in [0.1, 0.15) is 6.54 Å². The number of hydrogen-bond acceptors (Lipinski definition) is 5. The second-order valence-electron chi connectivity index (χ2n) is 7.56. The predicted molar refractivity (Wildman–Crippen MR) is 116 cm³/mol. The first-order valence-corrected chi connectivity index (χ1v) is 11.5. The number of sulfonamides is 1. The standard InChI is InChI=1S/C21H25F3N4O3S/c1-16-6-8-17(9-7-16)32(30,31)28-12-10-27(11-13-28)14-20(29)26-19-5-3-2-4-18(19)25-15-21(22,23)24/h2-9,25H,10-15H2,1H3,(H,26,29). The molecule has 1 fully saturated rings. The first-order valence-electron chi connectivity index (χ1n) is 10.0. The van der Waals surface area contributed by atoms with E-state index in [9.17, 15) is 26.4 Å². The van der Waals surface area contributed by atoms with Crippen LogP contribution in [0, 0.1) is 6.92 Å². The largest absolute Gasteiger partial charge is 0.405 e. The van der Waals surface area contributed by atoms with Crippen LogP contribution in [0.1, 0.15) is 5.56 Å². The van der Waals surface area contributed by atoms with Crippen molar-refractivity contribution in [2.45, 2.75) is 18.0 Å². The summed E-state index contributed by atoms with van der Waals surface area (Å²) in [6.07, 6.45) is -4.38. The molecule has 1 amide bonds. The summed E-state index contributed by atoms with van der Waals surface area (Å²) in [5.41, 5.74) is 1.39. The summed E-state index contributed by atoms with van der Waals surface area (Å²) in [7, 11) is -3.60. The molecule has 7 nitrogen and oxygen atoms in total. The molecule has 1 heterocycles. The van der Waals surface area contributed by atoms with Crippen LogP contribution >= 0.6 is 0 Å². The van der Waals surface area contributed by atoms with Crippen molar-refractivity contribution < 1.29 is 26.4 Å². The molecule has 0 bridgehead atoms. The van der Waals surface area contributed by atoms with Crippen molar-refractivity contribution in [3.05, 3.63) is 54.1 Å². The Morgan fingerprint density at radius 2 is 1.56 bits per heavy atom. The van der Waals surface area contributed by atoms with Crippen LogP contribution in [0.15, 0.2) is 53.4 Å². The second kappa shape index (κ2) is 9.88. The number of aryl methyl sites for hydroxylation is 1. The zero-order chi connectivity index (χ0) is 23.4. The molecule has 0 aromatic heterocycles. The number of nitrogens with zero attached hydrogens (tertiary/aromatic N) is 2. The third kappa shape index (κ3) is 6.44. The molecule has 0 unspecified atom stereocenters. The lowest BCUT2D eigenvalue weighted by molar-refractivity contribution is -0.117. The highest BCUT2D eigenvalue weighted by Gasteiger charge is 2.29. The number of hydrogen-bond donors (Lipinski definition) is 2. The number of carbonyl (C=O) groups excluding carboxylic acids is 1. The van der Waals surface area contributed by atoms with Gasteiger partial charge < -0.3 is 10.6 Å². The summed E-state index contributed by atoms with van der Waals surface area (Å²) in [4.78, 5) is 14.5. The Kier molecular flexibility index (Phi) is 7.42. The SMILES string of the molecule is Cc1ccc(S(=O)(=O)N2CCN(CC(=O)Nc3ccccc3NCC(F)(F)F)CC2)cc1. The quantitative estimate of drug-likeness (QED) is 0.651. The summed E-state index contributed by atoms with van der Waals surface area (Å²) in [6.45, 7) is 1.90. The van der Waals surface area contributed by atoms with E-state index in [0.29, 0.717) is 13.1 Å². The van der Waals surface area contributed by atoms with E-state index in [2.05, 4.69) is 10.6 Å². The van der Waals surface area contributed by atoms with Gasteiger partial charge in [-0.05, 0) is 31.2 Å². The van der Waals surface area contributed by atoms with Gasteiger partial charge in [-0.25, -0.2) is 8.42 Å². The molecule has 2 aromatic carbocycles. The van der Waals surface area contributed by atoms with E-state index in [1.165, 1.54) is 16.4 Å². The summed E-state index contributed by atoms with van der Waals surface area (Å²) >= 11 is 0. The Balaban J connectivity index is 1.54. The van der Waals surface area contributed by atoms with E-state index in [-0.39, 0.29) is 41.8 Å². The lowest BCUT2D eigenvalue weighted by Gasteiger charge is -2.33. The van der Waals surface area contributed by atoms with Crippen molar-refractivity contribution in [3.63, 3.8) is 0 Å². The molecule has 0 saturated carbocycles. The maximum absolute atomic E-state index is 12.8. The Labute approximate surface area is 185 Å². The molecule has 0 aliphatic carbocycles. The normalized spacial score (nSPS) is 16.0. The molecular formula is C21H25F3N4O3S. The molecule has 1 aliphatic rings. The van der Waals surface area contributed by atoms with E-state index in [4.69, 9.17) is 0 Å². The molecule has 11 heteroatoms. The van der Waals surface area contributed by atoms with E-state index in [1.807, 2.05) is 11.8 Å². The molecule has 174 valence electrons. The lowest BCUT2D eigenvalue weighted by Crippen LogP contribution is -2.50. The van der Waals surface area contributed by atoms with Crippen molar-refractivity contribution in [3.8, 4) is 0 Å². The van der Waals surface area contributed by atoms with Gasteiger partial charge in [-0.15, -0.1) is 0 Å². The highest BCUT2D eigenvalue weighted by molar-refractivity contribution is 7.89. The Hall–Kier alpha value is -2.63. The number of nitrogens with one attached hydrogen (secondary N) is 2. The first kappa shape index (κ1) is 24.0. The Morgan fingerprint density at radius 1 is 0.969 bits per heavy atom. The summed E-state index contributed by atoms with van der Waals surface area (Å²) < 4.78 is 64.4. The number of benzene rings is 2. The number of halogens is 3. The molecule has 2 aromatic rings. The predicted octanol–water partition coefficient (Wildman–Crippen LogP) is 2.91. The zero-order valence-corrected chi connectivity index (χ0v) is 18.3. The van der Waals surface area contributed by atoms with Crippen LogP contribution < -0.4 is 10.6 Å². The molecular weight excluding hydrogens is 445 g/mol. The van der Waals surface area contributed by atoms with Crippen molar-refractivity contribution in [1.29, 1.82) is 0 Å². The van der Waals surface area contributed by atoms with Crippen molar-refractivity contribution >= 4 is 27.3 Å². The number of rotatable bonds is 7. The number of amides is 1. The fourth-order valence-corrected chi connectivity index (χ4v) is 4.74. The van der Waals surface area contributed by atoms with Gasteiger partial charge in [0.2, 0.25) is 15.9 Å². The molecule has 3 rings (SSSR count). The topological polar surface area (TPSA) is 81.8 Å². The molecule has 1 aliphatic heterocycles. The van der Waals surface area contributed by atoms with Gasteiger partial charge in [-0.3, -0.25) is 9.69 Å². The Bertz CT molecular complexity index is 1040. The summed E-state index contributed by atoms with van der Waals surface area (Å²) in [6, 6.07) is 12.8. The lowest BCUT2D eigenvalue weighted by atomic mass is 10.2. The number of piperazine rings is 1. The fourth-order valence-electron chi connectivity index (χ4n) is 3.32. The van der Waals surface area contributed by atoms with E-state index in [1.54, 1.807) is 36.4 Å². The van der Waals surface area contributed by atoms with Crippen LogP contribution in [0.25, 0.3) is 0 Å². The maximum atomic E-state index is 12.8. The number of carbonyl (C=O) groups is 1. The Morgan fingerprint density at radius 3 is 2.16 bits per heavy atom. The minimum absolute atomic E-state index is 0.00598. The van der Waals surface area contributed by atoms with E-state index < -0.39 is 22.7 Å². The number of anilines is 2. The van der Waals surface area contributed by atoms with Crippen LogP contribution in [0.5, 0.6) is 0 Å². The molecule has 0 atom stereocenters. The van der Waals surface area contributed by atoms with E-state index >= 15 is 0 Å². The number of alkyl halides is 3. The molecule has 0 radical (unpaired) electrons. The first-order chi connectivity index (χ1) is 15.0. The summed E-state index contributed by atoms with van der Waals surface area (Å²) in [5.74, 6) is -0.388. The number of para-hydroxylation sites is 2. The van der Waals surface area contributed by atoms with Crippen LogP contribution in [0.3, 0.4) is 0 Å². The molecule has 2 N–H and O–H groups in total. The monoisotopic (exact) mass is 470 g/mol. The molecule has 32 heavy (non-hydrogen) atoms. The van der Waals surface area contributed by atoms with Gasteiger partial charge >= 0.3 is 6.18 Å². The van der Waals surface area contributed by atoms with Gasteiger partial charge in [-0.2, -0.15) is 17.5 Å². The minimum atomic E-state index is -4.38. The average Bonchev–Trinajstić information content (AvgIpc) is 2.73. The third-order valence-electron chi connectivity index (χ3n) is 5.04. The van der Waals surface area contributed by atoms with Gasteiger partial charge in [0.25, 0.3) is 0 Å².